The van der Waals surface area contributed by atoms with Gasteiger partial charge >= 0.3 is 6.03 Å². The Hall–Kier alpha value is -2.13. The lowest BCUT2D eigenvalue weighted by atomic mass is 10.0. The second kappa shape index (κ2) is 9.54. The summed E-state index contributed by atoms with van der Waals surface area (Å²) in [5, 5.41) is 16.8. The van der Waals surface area contributed by atoms with Crippen molar-refractivity contribution in [1.82, 2.24) is 20.8 Å². The van der Waals surface area contributed by atoms with E-state index in [0.717, 1.165) is 5.69 Å². The van der Waals surface area contributed by atoms with Gasteiger partial charge in [-0.05, 0) is 37.5 Å². The second-order valence-corrected chi connectivity index (χ2v) is 8.44. The van der Waals surface area contributed by atoms with E-state index in [2.05, 4.69) is 52.1 Å². The molecule has 0 saturated carbocycles. The predicted molar refractivity (Wildman–Crippen MR) is 106 cm³/mol. The van der Waals surface area contributed by atoms with Crippen LogP contribution >= 0.6 is 23.1 Å². The zero-order valence-electron chi connectivity index (χ0n) is 15.2. The van der Waals surface area contributed by atoms with Crippen molar-refractivity contribution in [3.8, 4) is 0 Å². The van der Waals surface area contributed by atoms with Crippen molar-refractivity contribution >= 4 is 45.9 Å². The molecule has 140 valence electrons. The number of hydrogen-bond donors (Lipinski definition) is 3. The standard InChI is InChI=1S/C17H23N5O2S2/c1-10(2)12-5-7-13(8-6-12)19-16-21-22-17(26-16)25-9-14(23)20-15(24)18-11(3)4/h5-8,10-11H,9H2,1-4H3,(H,19,21)(H2,18,20,23,24). The SMILES string of the molecule is CC(C)NC(=O)NC(=O)CSc1nnc(Nc2ccc(C(C)C)cc2)s1. The Morgan fingerprint density at radius 2 is 1.81 bits per heavy atom. The molecule has 0 aliphatic heterocycles. The first-order chi connectivity index (χ1) is 12.3. The molecule has 1 heterocycles. The first kappa shape index (κ1) is 20.2. The van der Waals surface area contributed by atoms with Crippen LogP contribution in [-0.4, -0.2) is 33.9 Å². The van der Waals surface area contributed by atoms with Crippen molar-refractivity contribution in [3.05, 3.63) is 29.8 Å². The van der Waals surface area contributed by atoms with E-state index in [1.165, 1.54) is 28.7 Å². The summed E-state index contributed by atoms with van der Waals surface area (Å²) in [6, 6.07) is 7.65. The summed E-state index contributed by atoms with van der Waals surface area (Å²) in [6.07, 6.45) is 0. The van der Waals surface area contributed by atoms with Gasteiger partial charge in [0.2, 0.25) is 11.0 Å². The van der Waals surface area contributed by atoms with Crippen LogP contribution in [0, 0.1) is 0 Å². The Kier molecular flexibility index (Phi) is 7.40. The number of nitrogens with one attached hydrogen (secondary N) is 3. The topological polar surface area (TPSA) is 96.0 Å². The number of rotatable bonds is 7. The highest BCUT2D eigenvalue weighted by atomic mass is 32.2. The van der Waals surface area contributed by atoms with Gasteiger partial charge in [-0.3, -0.25) is 10.1 Å². The van der Waals surface area contributed by atoms with Crippen molar-refractivity contribution in [2.24, 2.45) is 0 Å². The summed E-state index contributed by atoms with van der Waals surface area (Å²) in [5.74, 6) is 0.216. The van der Waals surface area contributed by atoms with Gasteiger partial charge in [-0.15, -0.1) is 10.2 Å². The van der Waals surface area contributed by atoms with Crippen LogP contribution in [-0.2, 0) is 4.79 Å². The predicted octanol–water partition coefficient (Wildman–Crippen LogP) is 3.73. The van der Waals surface area contributed by atoms with Crippen LogP contribution < -0.4 is 16.0 Å². The fourth-order valence-electron chi connectivity index (χ4n) is 1.98. The number of amides is 3. The minimum atomic E-state index is -0.491. The molecule has 1 aromatic carbocycles. The number of imide groups is 1. The second-order valence-electron chi connectivity index (χ2n) is 6.24. The molecule has 2 rings (SSSR count). The molecule has 26 heavy (non-hydrogen) atoms. The van der Waals surface area contributed by atoms with Crippen LogP contribution in [0.2, 0.25) is 0 Å². The van der Waals surface area contributed by atoms with E-state index >= 15 is 0 Å². The lowest BCUT2D eigenvalue weighted by Gasteiger charge is -2.08. The molecule has 0 fully saturated rings. The Morgan fingerprint density at radius 1 is 1.12 bits per heavy atom. The molecular weight excluding hydrogens is 370 g/mol. The van der Waals surface area contributed by atoms with Gasteiger partial charge in [0.15, 0.2) is 4.34 Å². The van der Waals surface area contributed by atoms with Crippen molar-refractivity contribution in [3.63, 3.8) is 0 Å². The number of hydrogen-bond acceptors (Lipinski definition) is 7. The van der Waals surface area contributed by atoms with Gasteiger partial charge in [-0.2, -0.15) is 0 Å². The molecule has 0 saturated heterocycles. The molecule has 0 atom stereocenters. The van der Waals surface area contributed by atoms with E-state index in [1.54, 1.807) is 0 Å². The number of urea groups is 1. The molecule has 2 aromatic rings. The van der Waals surface area contributed by atoms with Gasteiger partial charge in [0.1, 0.15) is 0 Å². The van der Waals surface area contributed by atoms with Crippen molar-refractivity contribution < 1.29 is 9.59 Å². The third kappa shape index (κ3) is 6.64. The van der Waals surface area contributed by atoms with Gasteiger partial charge in [0.25, 0.3) is 0 Å². The highest BCUT2D eigenvalue weighted by Crippen LogP contribution is 2.28. The third-order valence-electron chi connectivity index (χ3n) is 3.23. The molecule has 0 spiro atoms. The molecule has 3 amide bonds. The first-order valence-corrected chi connectivity index (χ1v) is 10.1. The minimum Gasteiger partial charge on any atom is -0.336 e. The van der Waals surface area contributed by atoms with Gasteiger partial charge in [0, 0.05) is 11.7 Å². The molecule has 0 radical (unpaired) electrons. The monoisotopic (exact) mass is 393 g/mol. The molecule has 1 aromatic heterocycles. The third-order valence-corrected chi connectivity index (χ3v) is 5.21. The number of benzene rings is 1. The lowest BCUT2D eigenvalue weighted by Crippen LogP contribution is -2.43. The molecule has 0 bridgehead atoms. The van der Waals surface area contributed by atoms with Crippen LogP contribution in [0.3, 0.4) is 0 Å². The molecule has 3 N–H and O–H groups in total. The number of aromatic nitrogens is 2. The van der Waals surface area contributed by atoms with Gasteiger partial charge in [-0.1, -0.05) is 49.1 Å². The zero-order valence-corrected chi connectivity index (χ0v) is 16.8. The first-order valence-electron chi connectivity index (χ1n) is 8.27. The van der Waals surface area contributed by atoms with Crippen molar-refractivity contribution in [1.29, 1.82) is 0 Å². The highest BCUT2D eigenvalue weighted by Gasteiger charge is 2.11. The average Bonchev–Trinajstić information content (AvgIpc) is 3.00. The van der Waals surface area contributed by atoms with Crippen molar-refractivity contribution in [2.75, 3.05) is 11.1 Å². The quantitative estimate of drug-likeness (QED) is 0.620. The molecule has 0 aliphatic carbocycles. The minimum absolute atomic E-state index is 0.0261. The molecular formula is C17H23N5O2S2. The molecule has 7 nitrogen and oxygen atoms in total. The van der Waals surface area contributed by atoms with E-state index in [-0.39, 0.29) is 17.7 Å². The smallest absolute Gasteiger partial charge is 0.321 e. The number of carbonyl (C=O) groups excluding carboxylic acids is 2. The normalized spacial score (nSPS) is 10.8. The molecule has 0 aliphatic rings. The molecule has 0 unspecified atom stereocenters. The lowest BCUT2D eigenvalue weighted by molar-refractivity contribution is -0.117. The highest BCUT2D eigenvalue weighted by molar-refractivity contribution is 8.01. The Bertz CT molecular complexity index is 744. The largest absolute Gasteiger partial charge is 0.336 e. The van der Waals surface area contributed by atoms with E-state index < -0.39 is 6.03 Å². The average molecular weight is 394 g/mol. The number of carbonyl (C=O) groups is 2. The van der Waals surface area contributed by atoms with Crippen molar-refractivity contribution in [2.45, 2.75) is 44.0 Å². The summed E-state index contributed by atoms with van der Waals surface area (Å²) in [4.78, 5) is 23.2. The van der Waals surface area contributed by atoms with Gasteiger partial charge in [0.05, 0.1) is 5.75 Å². The maximum absolute atomic E-state index is 11.7. The van der Waals surface area contributed by atoms with Gasteiger partial charge in [-0.25, -0.2) is 4.79 Å². The van der Waals surface area contributed by atoms with E-state index in [9.17, 15) is 9.59 Å². The fraction of sp³-hybridized carbons (Fsp3) is 0.412. The summed E-state index contributed by atoms with van der Waals surface area (Å²) < 4.78 is 0.658. The van der Waals surface area contributed by atoms with E-state index in [0.29, 0.717) is 15.4 Å². The Labute approximate surface area is 161 Å². The Balaban J connectivity index is 1.82. The van der Waals surface area contributed by atoms with E-state index in [1.807, 2.05) is 26.0 Å². The fourth-order valence-corrected chi connectivity index (χ4v) is 3.55. The summed E-state index contributed by atoms with van der Waals surface area (Å²) in [6.45, 7) is 7.95. The van der Waals surface area contributed by atoms with E-state index in [4.69, 9.17) is 0 Å². The summed E-state index contributed by atoms with van der Waals surface area (Å²) >= 11 is 2.60. The number of thioether (sulfide) groups is 1. The maximum Gasteiger partial charge on any atom is 0.321 e. The molecule has 9 heteroatoms. The zero-order chi connectivity index (χ0) is 19.1. The van der Waals surface area contributed by atoms with Crippen LogP contribution in [0.4, 0.5) is 15.6 Å². The number of anilines is 2. The summed E-state index contributed by atoms with van der Waals surface area (Å²) in [7, 11) is 0. The van der Waals surface area contributed by atoms with Crippen LogP contribution in [0.1, 0.15) is 39.2 Å². The number of nitrogens with zero attached hydrogens (tertiary/aromatic N) is 2. The maximum atomic E-state index is 11.7. The Morgan fingerprint density at radius 3 is 2.42 bits per heavy atom. The van der Waals surface area contributed by atoms with Crippen LogP contribution in [0.5, 0.6) is 0 Å². The summed E-state index contributed by atoms with van der Waals surface area (Å²) in [5.41, 5.74) is 2.21. The van der Waals surface area contributed by atoms with Gasteiger partial charge < -0.3 is 10.6 Å². The van der Waals surface area contributed by atoms with Crippen LogP contribution in [0.25, 0.3) is 0 Å². The van der Waals surface area contributed by atoms with Crippen LogP contribution in [0.15, 0.2) is 28.6 Å².